The van der Waals surface area contributed by atoms with Crippen molar-refractivity contribution in [2.75, 3.05) is 0 Å². The zero-order chi connectivity index (χ0) is 11.8. The molecule has 2 nitrogen and oxygen atoms in total. The van der Waals surface area contributed by atoms with Crippen LogP contribution in [0.5, 0.6) is 0 Å². The van der Waals surface area contributed by atoms with Crippen molar-refractivity contribution < 1.29 is 9.18 Å². The van der Waals surface area contributed by atoms with E-state index in [1.807, 2.05) is 6.92 Å². The van der Waals surface area contributed by atoms with E-state index in [2.05, 4.69) is 5.32 Å². The number of nitrogens with one attached hydrogen (secondary N) is 1. The summed E-state index contributed by atoms with van der Waals surface area (Å²) in [6, 6.07) is 4.50. The average Bonchev–Trinajstić information content (AvgIpc) is 2.52. The van der Waals surface area contributed by atoms with Crippen molar-refractivity contribution in [2.24, 2.45) is 0 Å². The molecule has 1 aliphatic heterocycles. The Kier molecular flexibility index (Phi) is 2.89. The van der Waals surface area contributed by atoms with E-state index < -0.39 is 0 Å². The van der Waals surface area contributed by atoms with Crippen molar-refractivity contribution in [3.63, 3.8) is 0 Å². The number of halogens is 2. The Labute approximate surface area is 98.8 Å². The van der Waals surface area contributed by atoms with Crippen LogP contribution in [-0.2, 0) is 11.2 Å². The third-order valence-electron chi connectivity index (χ3n) is 2.93. The largest absolute Gasteiger partial charge is 0.351 e. The molecule has 0 aromatic heterocycles. The number of carbonyl (C=O) groups is 1. The summed E-state index contributed by atoms with van der Waals surface area (Å²) in [5.74, 6) is -0.239. The Morgan fingerprint density at radius 1 is 1.56 bits per heavy atom. The van der Waals surface area contributed by atoms with E-state index in [1.165, 1.54) is 12.1 Å². The smallest absolute Gasteiger partial charge is 0.220 e. The molecule has 1 aromatic rings. The predicted molar refractivity (Wildman–Crippen MR) is 60.9 cm³/mol. The number of hydrogen-bond donors (Lipinski definition) is 1. The van der Waals surface area contributed by atoms with Gasteiger partial charge >= 0.3 is 0 Å². The summed E-state index contributed by atoms with van der Waals surface area (Å²) in [4.78, 5) is 11.2. The first-order valence-electron chi connectivity index (χ1n) is 5.23. The predicted octanol–water partition coefficient (Wildman–Crippen LogP) is 2.69. The third kappa shape index (κ3) is 2.35. The van der Waals surface area contributed by atoms with Crippen molar-refractivity contribution in [1.29, 1.82) is 0 Å². The van der Waals surface area contributed by atoms with Gasteiger partial charge < -0.3 is 5.32 Å². The van der Waals surface area contributed by atoms with Gasteiger partial charge in [0, 0.05) is 17.0 Å². The fraction of sp³-hybridized carbons (Fsp3) is 0.417. The highest BCUT2D eigenvalue weighted by Gasteiger charge is 2.33. The highest BCUT2D eigenvalue weighted by molar-refractivity contribution is 6.30. The SMILES string of the molecule is CC1(Cc2cc(Cl)ccc2F)CCC(=O)N1. The highest BCUT2D eigenvalue weighted by atomic mass is 35.5. The molecule has 16 heavy (non-hydrogen) atoms. The van der Waals surface area contributed by atoms with Crippen molar-refractivity contribution in [3.8, 4) is 0 Å². The van der Waals surface area contributed by atoms with Gasteiger partial charge in [0.1, 0.15) is 5.82 Å². The number of hydrogen-bond acceptors (Lipinski definition) is 1. The van der Waals surface area contributed by atoms with Gasteiger partial charge in [-0.05, 0) is 43.5 Å². The molecule has 0 bridgehead atoms. The molecule has 2 rings (SSSR count). The van der Waals surface area contributed by atoms with Gasteiger partial charge in [-0.2, -0.15) is 0 Å². The second-order valence-electron chi connectivity index (χ2n) is 4.52. The van der Waals surface area contributed by atoms with Crippen molar-refractivity contribution in [3.05, 3.63) is 34.6 Å². The zero-order valence-corrected chi connectivity index (χ0v) is 9.77. The van der Waals surface area contributed by atoms with E-state index in [1.54, 1.807) is 6.07 Å². The molecule has 0 saturated carbocycles. The quantitative estimate of drug-likeness (QED) is 0.848. The van der Waals surface area contributed by atoms with Crippen molar-refractivity contribution in [2.45, 2.75) is 31.7 Å². The number of benzene rings is 1. The topological polar surface area (TPSA) is 29.1 Å². The maximum atomic E-state index is 13.5. The first-order chi connectivity index (χ1) is 7.48. The van der Waals surface area contributed by atoms with Gasteiger partial charge in [-0.15, -0.1) is 0 Å². The van der Waals surface area contributed by atoms with Crippen LogP contribution in [0.25, 0.3) is 0 Å². The van der Waals surface area contributed by atoms with Crippen LogP contribution < -0.4 is 5.32 Å². The normalized spacial score (nSPS) is 24.6. The molecule has 1 fully saturated rings. The summed E-state index contributed by atoms with van der Waals surface area (Å²) in [7, 11) is 0. The summed E-state index contributed by atoms with van der Waals surface area (Å²) in [5, 5.41) is 3.39. The minimum absolute atomic E-state index is 0.0323. The monoisotopic (exact) mass is 241 g/mol. The molecule has 4 heteroatoms. The molecule has 0 spiro atoms. The minimum atomic E-state index is -0.345. The maximum absolute atomic E-state index is 13.5. The fourth-order valence-electron chi connectivity index (χ4n) is 2.08. The van der Waals surface area contributed by atoms with E-state index in [0.29, 0.717) is 23.4 Å². The molecule has 1 unspecified atom stereocenters. The molecular formula is C12H13ClFNO. The van der Waals surface area contributed by atoms with Crippen LogP contribution in [0.1, 0.15) is 25.3 Å². The van der Waals surface area contributed by atoms with Crippen LogP contribution in [0.15, 0.2) is 18.2 Å². The van der Waals surface area contributed by atoms with Crippen molar-refractivity contribution >= 4 is 17.5 Å². The molecule has 1 aliphatic rings. The Balaban J connectivity index is 2.20. The molecule has 1 amide bonds. The van der Waals surface area contributed by atoms with Gasteiger partial charge in [-0.25, -0.2) is 4.39 Å². The summed E-state index contributed by atoms with van der Waals surface area (Å²) < 4.78 is 13.5. The van der Waals surface area contributed by atoms with Crippen LogP contribution in [0.4, 0.5) is 4.39 Å². The first kappa shape index (κ1) is 11.4. The summed E-state index contributed by atoms with van der Waals surface area (Å²) in [6.45, 7) is 1.93. The van der Waals surface area contributed by atoms with E-state index >= 15 is 0 Å². The van der Waals surface area contributed by atoms with Gasteiger partial charge in [-0.3, -0.25) is 4.79 Å². The van der Waals surface area contributed by atoms with Crippen LogP contribution >= 0.6 is 11.6 Å². The summed E-state index contributed by atoms with van der Waals surface area (Å²) >= 11 is 5.82. The van der Waals surface area contributed by atoms with Crippen molar-refractivity contribution in [1.82, 2.24) is 5.32 Å². The second kappa shape index (κ2) is 4.06. The molecule has 0 aliphatic carbocycles. The van der Waals surface area contributed by atoms with E-state index in [-0.39, 0.29) is 17.3 Å². The van der Waals surface area contributed by atoms with Crippen LogP contribution in [0.2, 0.25) is 5.02 Å². The summed E-state index contributed by atoms with van der Waals surface area (Å²) in [6.07, 6.45) is 1.72. The fourth-order valence-corrected chi connectivity index (χ4v) is 2.28. The molecule has 1 saturated heterocycles. The zero-order valence-electron chi connectivity index (χ0n) is 9.02. The number of carbonyl (C=O) groups excluding carboxylic acids is 1. The Hall–Kier alpha value is -1.09. The summed E-state index contributed by atoms with van der Waals surface area (Å²) in [5.41, 5.74) is 0.208. The lowest BCUT2D eigenvalue weighted by molar-refractivity contribution is -0.119. The molecular weight excluding hydrogens is 229 g/mol. The molecule has 1 N–H and O–H groups in total. The molecule has 86 valence electrons. The number of amides is 1. The average molecular weight is 242 g/mol. The van der Waals surface area contributed by atoms with E-state index in [4.69, 9.17) is 11.6 Å². The van der Waals surface area contributed by atoms with Crippen LogP contribution in [0, 0.1) is 5.82 Å². The second-order valence-corrected chi connectivity index (χ2v) is 4.96. The molecule has 1 atom stereocenters. The lowest BCUT2D eigenvalue weighted by atomic mass is 9.91. The van der Waals surface area contributed by atoms with Crippen LogP contribution in [0.3, 0.4) is 0 Å². The third-order valence-corrected chi connectivity index (χ3v) is 3.17. The van der Waals surface area contributed by atoms with Gasteiger partial charge in [0.2, 0.25) is 5.91 Å². The molecule has 0 radical (unpaired) electrons. The van der Waals surface area contributed by atoms with Gasteiger partial charge in [0.15, 0.2) is 0 Å². The first-order valence-corrected chi connectivity index (χ1v) is 5.61. The number of rotatable bonds is 2. The lowest BCUT2D eigenvalue weighted by Crippen LogP contribution is -2.40. The Morgan fingerprint density at radius 2 is 2.31 bits per heavy atom. The molecule has 1 heterocycles. The van der Waals surface area contributed by atoms with Crippen LogP contribution in [-0.4, -0.2) is 11.4 Å². The van der Waals surface area contributed by atoms with E-state index in [9.17, 15) is 9.18 Å². The van der Waals surface area contributed by atoms with E-state index in [0.717, 1.165) is 6.42 Å². The maximum Gasteiger partial charge on any atom is 0.220 e. The van der Waals surface area contributed by atoms with Gasteiger partial charge in [0.05, 0.1) is 0 Å². The highest BCUT2D eigenvalue weighted by Crippen LogP contribution is 2.26. The Bertz CT molecular complexity index is 435. The minimum Gasteiger partial charge on any atom is -0.351 e. The molecule has 1 aromatic carbocycles. The Morgan fingerprint density at radius 3 is 2.94 bits per heavy atom. The lowest BCUT2D eigenvalue weighted by Gasteiger charge is -2.24. The standard InChI is InChI=1S/C12H13ClFNO/c1-12(5-4-11(16)15-12)7-8-6-9(13)2-3-10(8)14/h2-3,6H,4-5,7H2,1H3,(H,15,16). The van der Waals surface area contributed by atoms with Gasteiger partial charge in [-0.1, -0.05) is 11.6 Å². The van der Waals surface area contributed by atoms with Gasteiger partial charge in [0.25, 0.3) is 0 Å².